The molecule has 0 aliphatic rings. The highest BCUT2D eigenvalue weighted by atomic mass is 16.5. The molecule has 0 fully saturated rings. The van der Waals surface area contributed by atoms with Crippen molar-refractivity contribution in [3.63, 3.8) is 0 Å². The van der Waals surface area contributed by atoms with Crippen molar-refractivity contribution >= 4 is 22.5 Å². The van der Waals surface area contributed by atoms with Crippen LogP contribution in [0.1, 0.15) is 25.0 Å². The second-order valence-corrected chi connectivity index (χ2v) is 6.39. The summed E-state index contributed by atoms with van der Waals surface area (Å²) in [6.07, 6.45) is 1.08. The van der Waals surface area contributed by atoms with Crippen LogP contribution in [0.15, 0.2) is 48.7 Å². The molecule has 0 saturated heterocycles. The maximum absolute atomic E-state index is 12.7. The van der Waals surface area contributed by atoms with Crippen LogP contribution in [0.25, 0.3) is 10.9 Å². The number of anilines is 1. The Labute approximate surface area is 159 Å². The molecular weight excluding hydrogens is 340 g/mol. The Morgan fingerprint density at radius 1 is 1.11 bits per heavy atom. The van der Waals surface area contributed by atoms with Gasteiger partial charge in [0.25, 0.3) is 5.91 Å². The van der Waals surface area contributed by atoms with E-state index in [0.29, 0.717) is 18.0 Å². The van der Waals surface area contributed by atoms with E-state index in [1.165, 1.54) is 0 Å². The van der Waals surface area contributed by atoms with Crippen LogP contribution in [-0.2, 0) is 4.79 Å². The molecule has 1 N–H and O–H groups in total. The molecule has 0 radical (unpaired) electrons. The summed E-state index contributed by atoms with van der Waals surface area (Å²) in [5, 5.41) is 3.78. The van der Waals surface area contributed by atoms with Crippen molar-refractivity contribution in [2.24, 2.45) is 0 Å². The quantitative estimate of drug-likeness (QED) is 0.691. The summed E-state index contributed by atoms with van der Waals surface area (Å²) >= 11 is 0. The molecular formula is C22H24N2O3. The van der Waals surface area contributed by atoms with Gasteiger partial charge in [0.15, 0.2) is 6.10 Å². The van der Waals surface area contributed by atoms with E-state index in [0.717, 1.165) is 27.8 Å². The molecule has 0 spiro atoms. The number of ether oxygens (including phenoxy) is 2. The normalized spacial score (nSPS) is 11.9. The van der Waals surface area contributed by atoms with Gasteiger partial charge in [0, 0.05) is 11.6 Å². The van der Waals surface area contributed by atoms with Crippen LogP contribution in [0, 0.1) is 13.8 Å². The van der Waals surface area contributed by atoms with Gasteiger partial charge in [-0.15, -0.1) is 0 Å². The Kier molecular flexibility index (Phi) is 5.60. The molecule has 5 nitrogen and oxygen atoms in total. The highest BCUT2D eigenvalue weighted by molar-refractivity contribution is 6.04. The Bertz CT molecular complexity index is 969. The van der Waals surface area contributed by atoms with E-state index in [1.807, 2.05) is 63.2 Å². The smallest absolute Gasteiger partial charge is 0.265 e. The van der Waals surface area contributed by atoms with Crippen molar-refractivity contribution in [2.75, 3.05) is 11.9 Å². The zero-order valence-electron chi connectivity index (χ0n) is 16.1. The van der Waals surface area contributed by atoms with Gasteiger partial charge in [-0.25, -0.2) is 0 Å². The first-order valence-corrected chi connectivity index (χ1v) is 9.05. The number of aryl methyl sites for hydroxylation is 1. The molecule has 0 bridgehead atoms. The van der Waals surface area contributed by atoms with Crippen molar-refractivity contribution < 1.29 is 14.3 Å². The molecule has 1 aromatic heterocycles. The highest BCUT2D eigenvalue weighted by Gasteiger charge is 2.18. The van der Waals surface area contributed by atoms with Crippen molar-refractivity contribution in [3.8, 4) is 11.5 Å². The molecule has 5 heteroatoms. The fourth-order valence-corrected chi connectivity index (χ4v) is 2.86. The first kappa shape index (κ1) is 18.7. The Morgan fingerprint density at radius 2 is 1.93 bits per heavy atom. The molecule has 0 aliphatic carbocycles. The van der Waals surface area contributed by atoms with E-state index in [-0.39, 0.29) is 5.91 Å². The van der Waals surface area contributed by atoms with E-state index in [4.69, 9.17) is 9.47 Å². The van der Waals surface area contributed by atoms with Crippen LogP contribution in [0.2, 0.25) is 0 Å². The van der Waals surface area contributed by atoms with E-state index in [1.54, 1.807) is 13.1 Å². The first-order valence-electron chi connectivity index (χ1n) is 9.05. The van der Waals surface area contributed by atoms with Crippen molar-refractivity contribution in [3.05, 3.63) is 59.8 Å². The van der Waals surface area contributed by atoms with Gasteiger partial charge in [0.2, 0.25) is 0 Å². The van der Waals surface area contributed by atoms with Gasteiger partial charge in [-0.1, -0.05) is 12.1 Å². The maximum atomic E-state index is 12.7. The fourth-order valence-electron chi connectivity index (χ4n) is 2.86. The van der Waals surface area contributed by atoms with E-state index >= 15 is 0 Å². The molecule has 1 heterocycles. The summed E-state index contributed by atoms with van der Waals surface area (Å²) in [7, 11) is 0. The van der Waals surface area contributed by atoms with Crippen LogP contribution >= 0.6 is 0 Å². The zero-order valence-corrected chi connectivity index (χ0v) is 16.1. The standard InChI is InChI=1S/C22H24N2O3/c1-5-26-20-12-11-18(17-9-7-13-23-21(17)20)24-22(25)16(4)27-19-10-6-8-14(2)15(19)3/h6-13,16H,5H2,1-4H3,(H,24,25)/t16-/m0/s1. The lowest BCUT2D eigenvalue weighted by molar-refractivity contribution is -0.122. The van der Waals surface area contributed by atoms with Crippen LogP contribution in [0.5, 0.6) is 11.5 Å². The van der Waals surface area contributed by atoms with Crippen molar-refractivity contribution in [1.82, 2.24) is 4.98 Å². The number of aromatic nitrogens is 1. The number of fused-ring (bicyclic) bond motifs is 1. The number of nitrogens with zero attached hydrogens (tertiary/aromatic N) is 1. The minimum atomic E-state index is -0.635. The summed E-state index contributed by atoms with van der Waals surface area (Å²) in [5.74, 6) is 1.20. The summed E-state index contributed by atoms with van der Waals surface area (Å²) in [6, 6.07) is 13.2. The monoisotopic (exact) mass is 364 g/mol. The van der Waals surface area contributed by atoms with Gasteiger partial charge in [-0.3, -0.25) is 9.78 Å². The van der Waals surface area contributed by atoms with Gasteiger partial charge in [-0.05, 0) is 69.2 Å². The largest absolute Gasteiger partial charge is 0.492 e. The van der Waals surface area contributed by atoms with Crippen LogP contribution in [0.3, 0.4) is 0 Å². The average molecular weight is 364 g/mol. The number of carbonyl (C=O) groups is 1. The number of rotatable bonds is 6. The van der Waals surface area contributed by atoms with E-state index in [9.17, 15) is 4.79 Å². The molecule has 3 aromatic rings. The molecule has 0 saturated carbocycles. The van der Waals surface area contributed by atoms with Gasteiger partial charge in [0.05, 0.1) is 12.3 Å². The Morgan fingerprint density at radius 3 is 2.70 bits per heavy atom. The van der Waals surface area contributed by atoms with Gasteiger partial charge in [0.1, 0.15) is 17.0 Å². The third-order valence-electron chi connectivity index (χ3n) is 4.52. The molecule has 0 aliphatic heterocycles. The summed E-state index contributed by atoms with van der Waals surface area (Å²) in [5.41, 5.74) is 3.57. The number of pyridine rings is 1. The van der Waals surface area contributed by atoms with Gasteiger partial charge < -0.3 is 14.8 Å². The van der Waals surface area contributed by atoms with Crippen LogP contribution < -0.4 is 14.8 Å². The lowest BCUT2D eigenvalue weighted by Crippen LogP contribution is -2.30. The van der Waals surface area contributed by atoms with Crippen molar-refractivity contribution in [2.45, 2.75) is 33.8 Å². The number of amides is 1. The van der Waals surface area contributed by atoms with Crippen LogP contribution in [0.4, 0.5) is 5.69 Å². The fraction of sp³-hybridized carbons (Fsp3) is 0.273. The predicted molar refractivity (Wildman–Crippen MR) is 108 cm³/mol. The molecule has 27 heavy (non-hydrogen) atoms. The van der Waals surface area contributed by atoms with Gasteiger partial charge >= 0.3 is 0 Å². The lowest BCUT2D eigenvalue weighted by Gasteiger charge is -2.18. The zero-order chi connectivity index (χ0) is 19.4. The summed E-state index contributed by atoms with van der Waals surface area (Å²) < 4.78 is 11.5. The minimum absolute atomic E-state index is 0.217. The SMILES string of the molecule is CCOc1ccc(NC(=O)[C@H](C)Oc2cccc(C)c2C)c2cccnc12. The first-order chi connectivity index (χ1) is 13.0. The number of hydrogen-bond acceptors (Lipinski definition) is 4. The Hall–Kier alpha value is -3.08. The number of hydrogen-bond donors (Lipinski definition) is 1. The topological polar surface area (TPSA) is 60.5 Å². The molecule has 3 rings (SSSR count). The van der Waals surface area contributed by atoms with E-state index < -0.39 is 6.10 Å². The van der Waals surface area contributed by atoms with Crippen molar-refractivity contribution in [1.29, 1.82) is 0 Å². The second kappa shape index (κ2) is 8.08. The molecule has 140 valence electrons. The predicted octanol–water partition coefficient (Wildman–Crippen LogP) is 4.66. The van der Waals surface area contributed by atoms with E-state index in [2.05, 4.69) is 10.3 Å². The second-order valence-electron chi connectivity index (χ2n) is 6.39. The van der Waals surface area contributed by atoms with Gasteiger partial charge in [-0.2, -0.15) is 0 Å². The lowest BCUT2D eigenvalue weighted by atomic mass is 10.1. The molecule has 1 amide bonds. The number of benzene rings is 2. The third kappa shape index (κ3) is 4.03. The average Bonchev–Trinajstić information content (AvgIpc) is 2.67. The maximum Gasteiger partial charge on any atom is 0.265 e. The highest BCUT2D eigenvalue weighted by Crippen LogP contribution is 2.30. The van der Waals surface area contributed by atoms with Crippen LogP contribution in [-0.4, -0.2) is 23.6 Å². The third-order valence-corrected chi connectivity index (χ3v) is 4.52. The molecule has 1 atom stereocenters. The molecule has 2 aromatic carbocycles. The minimum Gasteiger partial charge on any atom is -0.492 e. The summed E-state index contributed by atoms with van der Waals surface area (Å²) in [4.78, 5) is 17.1. The Balaban J connectivity index is 1.81. The number of nitrogens with one attached hydrogen (secondary N) is 1. The summed E-state index contributed by atoms with van der Waals surface area (Å²) in [6.45, 7) is 8.23. The molecule has 0 unspecified atom stereocenters. The number of carbonyl (C=O) groups excluding carboxylic acids is 1.